The lowest BCUT2D eigenvalue weighted by Crippen LogP contribution is -2.12. The van der Waals surface area contributed by atoms with Crippen LogP contribution < -0.4 is 0 Å². The highest BCUT2D eigenvalue weighted by Crippen LogP contribution is 2.31. The second kappa shape index (κ2) is 5.34. The molecule has 94 valence electrons. The Morgan fingerprint density at radius 3 is 2.50 bits per heavy atom. The Labute approximate surface area is 120 Å². The van der Waals surface area contributed by atoms with Gasteiger partial charge in [0, 0.05) is 9.49 Å². The van der Waals surface area contributed by atoms with E-state index in [0.717, 1.165) is 11.5 Å². The molecule has 0 amide bonds. The Morgan fingerprint density at radius 2 is 1.78 bits per heavy atom. The van der Waals surface area contributed by atoms with Crippen molar-refractivity contribution in [3.8, 4) is 5.69 Å². The van der Waals surface area contributed by atoms with Gasteiger partial charge in [-0.3, -0.25) is 0 Å². The molecule has 0 bridgehead atoms. The Balaban J connectivity index is 1.93. The van der Waals surface area contributed by atoms with E-state index in [2.05, 4.69) is 62.4 Å². The van der Waals surface area contributed by atoms with Crippen molar-refractivity contribution in [1.82, 2.24) is 20.2 Å². The standard InChI is InChI=1S/C13H15IN4/c14-11-6-8-12(9-7-11)18-13(15-16-17-18)10-4-2-1-3-5-10/h6-10H,1-5H2. The molecule has 5 heteroatoms. The second-order valence-corrected chi connectivity index (χ2v) is 6.01. The molecule has 0 aliphatic heterocycles. The summed E-state index contributed by atoms with van der Waals surface area (Å²) in [5, 5.41) is 12.2. The minimum atomic E-state index is 0.521. The van der Waals surface area contributed by atoms with E-state index in [-0.39, 0.29) is 0 Å². The molecular weight excluding hydrogens is 339 g/mol. The van der Waals surface area contributed by atoms with Gasteiger partial charge in [0.1, 0.15) is 0 Å². The van der Waals surface area contributed by atoms with Gasteiger partial charge in [-0.2, -0.15) is 4.68 Å². The van der Waals surface area contributed by atoms with E-state index in [9.17, 15) is 0 Å². The highest BCUT2D eigenvalue weighted by atomic mass is 127. The summed E-state index contributed by atoms with van der Waals surface area (Å²) in [6, 6.07) is 8.32. The predicted octanol–water partition coefficient (Wildman–Crippen LogP) is 3.31. The molecule has 0 N–H and O–H groups in total. The summed E-state index contributed by atoms with van der Waals surface area (Å²) in [4.78, 5) is 0. The summed E-state index contributed by atoms with van der Waals surface area (Å²) in [6.07, 6.45) is 6.37. The van der Waals surface area contributed by atoms with Crippen LogP contribution in [0.5, 0.6) is 0 Å². The van der Waals surface area contributed by atoms with Gasteiger partial charge in [-0.1, -0.05) is 19.3 Å². The molecule has 0 spiro atoms. The summed E-state index contributed by atoms with van der Waals surface area (Å²) in [5.74, 6) is 1.55. The van der Waals surface area contributed by atoms with E-state index in [1.165, 1.54) is 35.7 Å². The number of aromatic nitrogens is 4. The van der Waals surface area contributed by atoms with Crippen LogP contribution in [0.3, 0.4) is 0 Å². The van der Waals surface area contributed by atoms with Crippen molar-refractivity contribution in [2.75, 3.05) is 0 Å². The normalized spacial score (nSPS) is 16.9. The van der Waals surface area contributed by atoms with Crippen molar-refractivity contribution in [3.05, 3.63) is 33.7 Å². The fraction of sp³-hybridized carbons (Fsp3) is 0.462. The van der Waals surface area contributed by atoms with Gasteiger partial charge >= 0.3 is 0 Å². The molecule has 2 aromatic rings. The van der Waals surface area contributed by atoms with E-state index in [4.69, 9.17) is 0 Å². The Kier molecular flexibility index (Phi) is 3.58. The van der Waals surface area contributed by atoms with Crippen LogP contribution in [0.2, 0.25) is 0 Å². The van der Waals surface area contributed by atoms with Crippen LogP contribution in [-0.2, 0) is 0 Å². The molecule has 1 aliphatic carbocycles. The monoisotopic (exact) mass is 354 g/mol. The van der Waals surface area contributed by atoms with Crippen molar-refractivity contribution >= 4 is 22.6 Å². The molecule has 4 nitrogen and oxygen atoms in total. The van der Waals surface area contributed by atoms with Gasteiger partial charge in [0.05, 0.1) is 5.69 Å². The van der Waals surface area contributed by atoms with Crippen molar-refractivity contribution < 1.29 is 0 Å². The van der Waals surface area contributed by atoms with Crippen molar-refractivity contribution in [1.29, 1.82) is 0 Å². The van der Waals surface area contributed by atoms with Crippen LogP contribution >= 0.6 is 22.6 Å². The lowest BCUT2D eigenvalue weighted by atomic mass is 9.89. The van der Waals surface area contributed by atoms with Gasteiger partial charge in [0.15, 0.2) is 5.82 Å². The van der Waals surface area contributed by atoms with Gasteiger partial charge in [-0.25, -0.2) is 0 Å². The van der Waals surface area contributed by atoms with E-state index in [1.54, 1.807) is 0 Å². The number of benzene rings is 1. The largest absolute Gasteiger partial charge is 0.197 e. The molecule has 1 aromatic carbocycles. The number of nitrogens with zero attached hydrogens (tertiary/aromatic N) is 4. The molecule has 0 atom stereocenters. The highest BCUT2D eigenvalue weighted by molar-refractivity contribution is 14.1. The van der Waals surface area contributed by atoms with E-state index in [0.29, 0.717) is 5.92 Å². The molecule has 0 unspecified atom stereocenters. The molecule has 3 rings (SSSR count). The van der Waals surface area contributed by atoms with Crippen LogP contribution in [0.1, 0.15) is 43.8 Å². The third-order valence-corrected chi connectivity index (χ3v) is 4.25. The zero-order valence-corrected chi connectivity index (χ0v) is 12.2. The Morgan fingerprint density at radius 1 is 1.06 bits per heavy atom. The highest BCUT2D eigenvalue weighted by Gasteiger charge is 2.22. The lowest BCUT2D eigenvalue weighted by molar-refractivity contribution is 0.422. The van der Waals surface area contributed by atoms with Gasteiger partial charge in [0.2, 0.25) is 0 Å². The fourth-order valence-corrected chi connectivity index (χ4v) is 2.94. The molecule has 1 fully saturated rings. The third-order valence-electron chi connectivity index (χ3n) is 3.54. The molecule has 1 aromatic heterocycles. The Hall–Kier alpha value is -0.980. The molecule has 18 heavy (non-hydrogen) atoms. The van der Waals surface area contributed by atoms with Crippen molar-refractivity contribution in [2.45, 2.75) is 38.0 Å². The maximum absolute atomic E-state index is 4.24. The zero-order chi connectivity index (χ0) is 12.4. The van der Waals surface area contributed by atoms with Crippen molar-refractivity contribution in [3.63, 3.8) is 0 Å². The van der Waals surface area contributed by atoms with Crippen LogP contribution in [0.15, 0.2) is 24.3 Å². The van der Waals surface area contributed by atoms with E-state index in [1.807, 2.05) is 4.68 Å². The average molecular weight is 354 g/mol. The number of hydrogen-bond donors (Lipinski definition) is 0. The predicted molar refractivity (Wildman–Crippen MR) is 77.7 cm³/mol. The second-order valence-electron chi connectivity index (χ2n) is 4.76. The summed E-state index contributed by atoms with van der Waals surface area (Å²) in [5.41, 5.74) is 1.06. The summed E-state index contributed by atoms with van der Waals surface area (Å²) >= 11 is 2.31. The smallest absolute Gasteiger partial charge is 0.159 e. The number of tetrazole rings is 1. The van der Waals surface area contributed by atoms with Gasteiger partial charge in [-0.15, -0.1) is 5.10 Å². The maximum atomic E-state index is 4.24. The van der Waals surface area contributed by atoms with Gasteiger partial charge < -0.3 is 0 Å². The van der Waals surface area contributed by atoms with Crippen LogP contribution in [0, 0.1) is 3.57 Å². The minimum absolute atomic E-state index is 0.521. The molecule has 1 aliphatic rings. The quantitative estimate of drug-likeness (QED) is 0.778. The van der Waals surface area contributed by atoms with Crippen molar-refractivity contribution in [2.24, 2.45) is 0 Å². The first kappa shape index (κ1) is 12.1. The molecule has 0 radical (unpaired) electrons. The molecule has 1 heterocycles. The molecule has 0 saturated heterocycles. The molecule has 1 saturated carbocycles. The first-order valence-electron chi connectivity index (χ1n) is 6.39. The first-order valence-corrected chi connectivity index (χ1v) is 7.47. The lowest BCUT2D eigenvalue weighted by Gasteiger charge is -2.20. The first-order chi connectivity index (χ1) is 8.84. The fourth-order valence-electron chi connectivity index (χ4n) is 2.58. The van der Waals surface area contributed by atoms with Crippen LogP contribution in [0.25, 0.3) is 5.69 Å². The summed E-state index contributed by atoms with van der Waals surface area (Å²) in [6.45, 7) is 0. The average Bonchev–Trinajstić information content (AvgIpc) is 2.90. The van der Waals surface area contributed by atoms with E-state index < -0.39 is 0 Å². The van der Waals surface area contributed by atoms with Crippen LogP contribution in [-0.4, -0.2) is 20.2 Å². The Bertz CT molecular complexity index is 514. The topological polar surface area (TPSA) is 43.6 Å². The zero-order valence-electron chi connectivity index (χ0n) is 10.1. The van der Waals surface area contributed by atoms with Gasteiger partial charge in [0.25, 0.3) is 0 Å². The summed E-state index contributed by atoms with van der Waals surface area (Å²) in [7, 11) is 0. The third kappa shape index (κ3) is 2.41. The molecular formula is C13H15IN4. The van der Waals surface area contributed by atoms with E-state index >= 15 is 0 Å². The SMILES string of the molecule is Ic1ccc(-n2nnnc2C2CCCCC2)cc1. The number of hydrogen-bond acceptors (Lipinski definition) is 3. The minimum Gasteiger partial charge on any atom is -0.197 e. The number of halogens is 1. The summed E-state index contributed by atoms with van der Waals surface area (Å²) < 4.78 is 3.12. The van der Waals surface area contributed by atoms with Crippen LogP contribution in [0.4, 0.5) is 0 Å². The van der Waals surface area contributed by atoms with Gasteiger partial charge in [-0.05, 0) is 70.1 Å². The number of rotatable bonds is 2. The maximum Gasteiger partial charge on any atom is 0.159 e.